The molecule has 1 aromatic carbocycles. The van der Waals surface area contributed by atoms with Gasteiger partial charge in [-0.3, -0.25) is 0 Å². The van der Waals surface area contributed by atoms with Crippen LogP contribution in [0.15, 0.2) is 28.8 Å². The van der Waals surface area contributed by atoms with Crippen molar-refractivity contribution >= 4 is 11.6 Å². The Morgan fingerprint density at radius 1 is 1.29 bits per heavy atom. The number of aromatic nitrogens is 2. The summed E-state index contributed by atoms with van der Waals surface area (Å²) >= 11 is 5.81. The predicted octanol–water partition coefficient (Wildman–Crippen LogP) is 2.89. The third kappa shape index (κ3) is 3.28. The first-order valence-corrected chi connectivity index (χ1v) is 5.85. The molecule has 0 fully saturated rings. The first-order valence-electron chi connectivity index (χ1n) is 5.47. The number of benzene rings is 1. The minimum atomic E-state index is 0.396. The van der Waals surface area contributed by atoms with Crippen molar-refractivity contribution in [3.05, 3.63) is 35.1 Å². The van der Waals surface area contributed by atoms with E-state index in [2.05, 4.69) is 29.3 Å². The van der Waals surface area contributed by atoms with E-state index in [1.54, 1.807) is 12.1 Å². The normalized spacial score (nSPS) is 11.1. The topological polar surface area (TPSA) is 51.0 Å². The van der Waals surface area contributed by atoms with Gasteiger partial charge >= 0.3 is 0 Å². The Bertz CT molecular complexity index is 479. The highest BCUT2D eigenvalue weighted by atomic mass is 35.5. The lowest BCUT2D eigenvalue weighted by atomic mass is 10.2. The molecule has 2 rings (SSSR count). The van der Waals surface area contributed by atoms with Gasteiger partial charge in [0, 0.05) is 16.6 Å². The lowest BCUT2D eigenvalue weighted by Crippen LogP contribution is -2.22. The van der Waals surface area contributed by atoms with Gasteiger partial charge in [0.05, 0.1) is 6.54 Å². The fraction of sp³-hybridized carbons (Fsp3) is 0.333. The number of nitrogens with one attached hydrogen (secondary N) is 1. The molecule has 5 heteroatoms. The van der Waals surface area contributed by atoms with Crippen LogP contribution in [-0.2, 0) is 6.54 Å². The highest BCUT2D eigenvalue weighted by Crippen LogP contribution is 2.19. The van der Waals surface area contributed by atoms with Crippen molar-refractivity contribution in [2.75, 3.05) is 0 Å². The molecule has 0 atom stereocenters. The van der Waals surface area contributed by atoms with E-state index in [0.717, 1.165) is 5.56 Å². The quantitative estimate of drug-likeness (QED) is 0.908. The molecule has 0 aliphatic rings. The molecular weight excluding hydrogens is 238 g/mol. The Morgan fingerprint density at radius 3 is 2.65 bits per heavy atom. The molecule has 2 aromatic rings. The lowest BCUT2D eigenvalue weighted by Gasteiger charge is -2.03. The minimum absolute atomic E-state index is 0.396. The summed E-state index contributed by atoms with van der Waals surface area (Å²) in [6.07, 6.45) is 0. The molecular formula is C12H14ClN3O. The molecule has 0 saturated carbocycles. The molecule has 0 radical (unpaired) electrons. The molecule has 1 heterocycles. The van der Waals surface area contributed by atoms with Gasteiger partial charge in [0.2, 0.25) is 0 Å². The van der Waals surface area contributed by atoms with Gasteiger partial charge in [-0.25, -0.2) is 0 Å². The summed E-state index contributed by atoms with van der Waals surface area (Å²) in [7, 11) is 0. The van der Waals surface area contributed by atoms with E-state index in [4.69, 9.17) is 16.1 Å². The predicted molar refractivity (Wildman–Crippen MR) is 66.7 cm³/mol. The van der Waals surface area contributed by atoms with Crippen LogP contribution in [-0.4, -0.2) is 16.2 Å². The molecule has 0 bridgehead atoms. The summed E-state index contributed by atoms with van der Waals surface area (Å²) in [5, 5.41) is 7.82. The minimum Gasteiger partial charge on any atom is -0.334 e. The second kappa shape index (κ2) is 5.29. The van der Waals surface area contributed by atoms with E-state index in [1.165, 1.54) is 0 Å². The van der Waals surface area contributed by atoms with Crippen molar-refractivity contribution in [2.24, 2.45) is 0 Å². The molecule has 90 valence electrons. The zero-order valence-corrected chi connectivity index (χ0v) is 10.5. The molecule has 0 saturated heterocycles. The summed E-state index contributed by atoms with van der Waals surface area (Å²) in [6.45, 7) is 4.75. The van der Waals surface area contributed by atoms with Gasteiger partial charge in [0.25, 0.3) is 5.89 Å². The summed E-state index contributed by atoms with van der Waals surface area (Å²) in [5.74, 6) is 1.17. The van der Waals surface area contributed by atoms with Gasteiger partial charge in [-0.05, 0) is 24.3 Å². The standard InChI is InChI=1S/C12H14ClN3O/c1-8(2)14-7-11-15-12(17-16-11)9-3-5-10(13)6-4-9/h3-6,8,14H,7H2,1-2H3. The van der Waals surface area contributed by atoms with E-state index < -0.39 is 0 Å². The van der Waals surface area contributed by atoms with Crippen LogP contribution in [0.4, 0.5) is 0 Å². The number of hydrogen-bond donors (Lipinski definition) is 1. The lowest BCUT2D eigenvalue weighted by molar-refractivity contribution is 0.417. The second-order valence-corrected chi connectivity index (χ2v) is 4.49. The summed E-state index contributed by atoms with van der Waals surface area (Å²) < 4.78 is 5.18. The summed E-state index contributed by atoms with van der Waals surface area (Å²) in [5.41, 5.74) is 0.873. The van der Waals surface area contributed by atoms with Crippen molar-refractivity contribution in [3.63, 3.8) is 0 Å². The van der Waals surface area contributed by atoms with Gasteiger partial charge in [-0.1, -0.05) is 30.6 Å². The van der Waals surface area contributed by atoms with Gasteiger partial charge in [-0.15, -0.1) is 0 Å². The van der Waals surface area contributed by atoms with Crippen LogP contribution < -0.4 is 5.32 Å². The Morgan fingerprint density at radius 2 is 2.00 bits per heavy atom. The monoisotopic (exact) mass is 251 g/mol. The zero-order valence-electron chi connectivity index (χ0n) is 9.77. The van der Waals surface area contributed by atoms with Gasteiger partial charge in [-0.2, -0.15) is 4.98 Å². The first kappa shape index (κ1) is 12.1. The fourth-order valence-corrected chi connectivity index (χ4v) is 1.46. The molecule has 0 aliphatic carbocycles. The van der Waals surface area contributed by atoms with Crippen LogP contribution in [0, 0.1) is 0 Å². The van der Waals surface area contributed by atoms with Crippen LogP contribution in [0.1, 0.15) is 19.7 Å². The number of rotatable bonds is 4. The van der Waals surface area contributed by atoms with E-state index in [0.29, 0.717) is 29.3 Å². The van der Waals surface area contributed by atoms with Crippen molar-refractivity contribution < 1.29 is 4.52 Å². The largest absolute Gasteiger partial charge is 0.334 e. The van der Waals surface area contributed by atoms with E-state index in [-0.39, 0.29) is 0 Å². The van der Waals surface area contributed by atoms with E-state index >= 15 is 0 Å². The highest BCUT2D eigenvalue weighted by Gasteiger charge is 2.08. The summed E-state index contributed by atoms with van der Waals surface area (Å²) in [4.78, 5) is 4.30. The van der Waals surface area contributed by atoms with Crippen molar-refractivity contribution in [1.29, 1.82) is 0 Å². The fourth-order valence-electron chi connectivity index (χ4n) is 1.33. The van der Waals surface area contributed by atoms with Gasteiger partial charge in [0.1, 0.15) is 0 Å². The molecule has 1 aromatic heterocycles. The molecule has 4 nitrogen and oxygen atoms in total. The van der Waals surface area contributed by atoms with E-state index in [1.807, 2.05) is 12.1 Å². The van der Waals surface area contributed by atoms with E-state index in [9.17, 15) is 0 Å². The maximum Gasteiger partial charge on any atom is 0.257 e. The van der Waals surface area contributed by atoms with Gasteiger partial charge in [0.15, 0.2) is 5.82 Å². The average molecular weight is 252 g/mol. The van der Waals surface area contributed by atoms with Crippen molar-refractivity contribution in [1.82, 2.24) is 15.5 Å². The van der Waals surface area contributed by atoms with Gasteiger partial charge < -0.3 is 9.84 Å². The van der Waals surface area contributed by atoms with Crippen LogP contribution in [0.2, 0.25) is 5.02 Å². The Hall–Kier alpha value is -1.39. The molecule has 0 aliphatic heterocycles. The third-order valence-electron chi connectivity index (χ3n) is 2.23. The van der Waals surface area contributed by atoms with Crippen LogP contribution >= 0.6 is 11.6 Å². The zero-order chi connectivity index (χ0) is 12.3. The van der Waals surface area contributed by atoms with Crippen LogP contribution in [0.5, 0.6) is 0 Å². The van der Waals surface area contributed by atoms with Crippen LogP contribution in [0.25, 0.3) is 11.5 Å². The Balaban J connectivity index is 2.10. The number of hydrogen-bond acceptors (Lipinski definition) is 4. The third-order valence-corrected chi connectivity index (χ3v) is 2.48. The van der Waals surface area contributed by atoms with Crippen molar-refractivity contribution in [2.45, 2.75) is 26.4 Å². The smallest absolute Gasteiger partial charge is 0.257 e. The number of nitrogens with zero attached hydrogens (tertiary/aromatic N) is 2. The second-order valence-electron chi connectivity index (χ2n) is 4.06. The maximum absolute atomic E-state index is 5.81. The maximum atomic E-state index is 5.81. The molecule has 17 heavy (non-hydrogen) atoms. The van der Waals surface area contributed by atoms with Crippen molar-refractivity contribution in [3.8, 4) is 11.5 Å². The summed E-state index contributed by atoms with van der Waals surface area (Å²) in [6, 6.07) is 7.71. The molecule has 0 amide bonds. The number of halogens is 1. The highest BCUT2D eigenvalue weighted by molar-refractivity contribution is 6.30. The first-order chi connectivity index (χ1) is 8.15. The average Bonchev–Trinajstić information content (AvgIpc) is 2.76. The Kier molecular flexibility index (Phi) is 3.76. The van der Waals surface area contributed by atoms with Crippen LogP contribution in [0.3, 0.4) is 0 Å². The molecule has 0 unspecified atom stereocenters. The Labute approximate surface area is 105 Å². The SMILES string of the molecule is CC(C)NCc1noc(-c2ccc(Cl)cc2)n1. The molecule has 1 N–H and O–H groups in total. The molecule has 0 spiro atoms.